The lowest BCUT2D eigenvalue weighted by atomic mass is 10.2. The van der Waals surface area contributed by atoms with Crippen LogP contribution in [0.3, 0.4) is 0 Å². The number of thiazole rings is 1. The van der Waals surface area contributed by atoms with Gasteiger partial charge in [-0.1, -0.05) is 28.1 Å². The Hall–Kier alpha value is -1.32. The topological polar surface area (TPSA) is 67.3 Å². The lowest BCUT2D eigenvalue weighted by Gasteiger charge is -2.11. The molecule has 0 saturated carbocycles. The summed E-state index contributed by atoms with van der Waals surface area (Å²) >= 11 is 4.57. The molecule has 2 aromatic rings. The third kappa shape index (κ3) is 3.06. The van der Waals surface area contributed by atoms with E-state index in [2.05, 4.69) is 20.9 Å². The lowest BCUT2D eigenvalue weighted by Crippen LogP contribution is -2.26. The van der Waals surface area contributed by atoms with Crippen molar-refractivity contribution < 1.29 is 17.1 Å². The molecule has 116 valence electrons. The van der Waals surface area contributed by atoms with E-state index in [-0.39, 0.29) is 13.0 Å². The van der Waals surface area contributed by atoms with Crippen LogP contribution in [0.2, 0.25) is 0 Å². The highest BCUT2D eigenvalue weighted by Gasteiger charge is 2.40. The molecule has 2 heterocycles. The van der Waals surface area contributed by atoms with Crippen molar-refractivity contribution in [3.05, 3.63) is 34.1 Å². The lowest BCUT2D eigenvalue weighted by molar-refractivity contribution is -0.117. The average molecular weight is 405 g/mol. The highest BCUT2D eigenvalue weighted by Crippen LogP contribution is 2.32. The number of anilines is 1. The van der Waals surface area contributed by atoms with Gasteiger partial charge in [0.25, 0.3) is 0 Å². The third-order valence-electron chi connectivity index (χ3n) is 3.35. The van der Waals surface area contributed by atoms with Gasteiger partial charge in [0.1, 0.15) is 5.25 Å². The largest absolute Gasteiger partial charge is 0.307 e. The van der Waals surface area contributed by atoms with Crippen molar-refractivity contribution in [3.8, 4) is 11.3 Å². The summed E-state index contributed by atoms with van der Waals surface area (Å²) in [5, 5.41) is 0.859. The maximum atomic E-state index is 13.0. The quantitative estimate of drug-likeness (QED) is 0.737. The van der Waals surface area contributed by atoms with E-state index < -0.39 is 21.4 Å². The fourth-order valence-electron chi connectivity index (χ4n) is 2.19. The number of hydrogen-bond donors (Lipinski definition) is 0. The number of aromatic nitrogens is 1. The molecule has 0 spiro atoms. The van der Waals surface area contributed by atoms with Crippen molar-refractivity contribution in [1.82, 2.24) is 4.98 Å². The maximum absolute atomic E-state index is 13.0. The Labute approximate surface area is 139 Å². The van der Waals surface area contributed by atoms with Gasteiger partial charge in [-0.2, -0.15) is 8.42 Å². The highest BCUT2D eigenvalue weighted by atomic mass is 79.9. The molecule has 3 rings (SSSR count). The molecule has 1 aromatic heterocycles. The van der Waals surface area contributed by atoms with E-state index in [0.29, 0.717) is 10.8 Å². The Balaban J connectivity index is 1.85. The molecule has 0 N–H and O–H groups in total. The number of rotatable bonds is 3. The van der Waals surface area contributed by atoms with E-state index in [1.165, 1.54) is 16.2 Å². The van der Waals surface area contributed by atoms with Gasteiger partial charge in [0.05, 0.1) is 5.69 Å². The third-order valence-corrected chi connectivity index (χ3v) is 5.85. The van der Waals surface area contributed by atoms with Crippen LogP contribution in [0.4, 0.5) is 9.02 Å². The van der Waals surface area contributed by atoms with Crippen LogP contribution in [-0.2, 0) is 15.0 Å². The summed E-state index contributed by atoms with van der Waals surface area (Å²) in [6.07, 6.45) is -0.341. The highest BCUT2D eigenvalue weighted by molar-refractivity contribution is 9.10. The summed E-state index contributed by atoms with van der Waals surface area (Å²) < 4.78 is 35.9. The summed E-state index contributed by atoms with van der Waals surface area (Å²) in [4.78, 5) is 17.5. The van der Waals surface area contributed by atoms with Crippen molar-refractivity contribution in [2.24, 2.45) is 0 Å². The zero-order valence-electron chi connectivity index (χ0n) is 11.1. The summed E-state index contributed by atoms with van der Waals surface area (Å²) in [5.41, 5.74) is 1.57. The molecule has 1 aromatic carbocycles. The molecule has 1 aliphatic heterocycles. The molecule has 1 unspecified atom stereocenters. The monoisotopic (exact) mass is 404 g/mol. The van der Waals surface area contributed by atoms with Gasteiger partial charge in [-0.05, 0) is 12.1 Å². The van der Waals surface area contributed by atoms with E-state index >= 15 is 0 Å². The van der Waals surface area contributed by atoms with E-state index in [1.54, 1.807) is 5.38 Å². The predicted octanol–water partition coefficient (Wildman–Crippen LogP) is 2.98. The van der Waals surface area contributed by atoms with Crippen LogP contribution in [0, 0.1) is 0 Å². The van der Waals surface area contributed by atoms with Gasteiger partial charge < -0.3 is 0 Å². The van der Waals surface area contributed by atoms with Crippen LogP contribution in [-0.4, -0.2) is 31.1 Å². The second-order valence-corrected chi connectivity index (χ2v) is 8.20. The predicted molar refractivity (Wildman–Crippen MR) is 86.0 cm³/mol. The SMILES string of the molecule is O=C1CC(S(=O)(=O)F)CN1c1nc(-c2ccc(Br)cc2)cs1. The average Bonchev–Trinajstić information content (AvgIpc) is 3.05. The van der Waals surface area contributed by atoms with E-state index in [9.17, 15) is 17.1 Å². The molecule has 0 aliphatic carbocycles. The molecule has 0 radical (unpaired) electrons. The van der Waals surface area contributed by atoms with E-state index in [0.717, 1.165) is 10.0 Å². The first kappa shape index (κ1) is 15.6. The Morgan fingerprint density at radius 2 is 2.00 bits per heavy atom. The van der Waals surface area contributed by atoms with Gasteiger partial charge in [-0.15, -0.1) is 15.2 Å². The Bertz CT molecular complexity index is 820. The number of amides is 1. The summed E-state index contributed by atoms with van der Waals surface area (Å²) in [6.45, 7) is -0.190. The Morgan fingerprint density at radius 1 is 1.32 bits per heavy atom. The zero-order valence-corrected chi connectivity index (χ0v) is 14.3. The van der Waals surface area contributed by atoms with Crippen LogP contribution in [0.5, 0.6) is 0 Å². The minimum atomic E-state index is -4.72. The summed E-state index contributed by atoms with van der Waals surface area (Å²) in [7, 11) is -4.72. The van der Waals surface area contributed by atoms with Gasteiger partial charge in [0.15, 0.2) is 5.13 Å². The molecule has 5 nitrogen and oxygen atoms in total. The number of halogens is 2. The molecule has 9 heteroatoms. The summed E-state index contributed by atoms with van der Waals surface area (Å²) in [6, 6.07) is 7.51. The first-order chi connectivity index (χ1) is 10.3. The summed E-state index contributed by atoms with van der Waals surface area (Å²) in [5.74, 6) is -0.428. The molecule has 1 amide bonds. The molecule has 1 saturated heterocycles. The fourth-order valence-corrected chi connectivity index (χ4v) is 3.98. The van der Waals surface area contributed by atoms with Crippen LogP contribution in [0.1, 0.15) is 6.42 Å². The van der Waals surface area contributed by atoms with Gasteiger partial charge in [-0.3, -0.25) is 9.69 Å². The molecule has 0 bridgehead atoms. The second kappa shape index (κ2) is 5.71. The van der Waals surface area contributed by atoms with Gasteiger partial charge >= 0.3 is 10.2 Å². The fraction of sp³-hybridized carbons (Fsp3) is 0.231. The maximum Gasteiger partial charge on any atom is 0.307 e. The van der Waals surface area contributed by atoms with Gasteiger partial charge in [-0.25, -0.2) is 4.98 Å². The van der Waals surface area contributed by atoms with Gasteiger partial charge in [0, 0.05) is 28.4 Å². The van der Waals surface area contributed by atoms with Crippen molar-refractivity contribution in [3.63, 3.8) is 0 Å². The van der Waals surface area contributed by atoms with E-state index in [4.69, 9.17) is 0 Å². The van der Waals surface area contributed by atoms with Crippen molar-refractivity contribution in [2.75, 3.05) is 11.4 Å². The Kier molecular flexibility index (Phi) is 4.04. The minimum Gasteiger partial charge on any atom is -0.287 e. The van der Waals surface area contributed by atoms with Crippen LogP contribution < -0.4 is 4.90 Å². The molecule has 1 aliphatic rings. The number of hydrogen-bond acceptors (Lipinski definition) is 5. The standard InChI is InChI=1S/C13H10BrFN2O3S2/c14-9-3-1-8(2-4-9)11-7-21-13(16-11)17-6-10(5-12(17)18)22(15,19)20/h1-4,7,10H,5-6H2. The number of carbonyl (C=O) groups is 1. The van der Waals surface area contributed by atoms with Gasteiger partial charge in [0.2, 0.25) is 5.91 Å². The number of carbonyl (C=O) groups excluding carboxylic acids is 1. The molecule has 22 heavy (non-hydrogen) atoms. The zero-order chi connectivity index (χ0) is 15.9. The first-order valence-corrected chi connectivity index (χ1v) is 9.42. The first-order valence-electron chi connectivity index (χ1n) is 6.30. The van der Waals surface area contributed by atoms with Crippen LogP contribution in [0.25, 0.3) is 11.3 Å². The Morgan fingerprint density at radius 3 is 2.59 bits per heavy atom. The molecule has 1 fully saturated rings. The van der Waals surface area contributed by atoms with Crippen molar-refractivity contribution in [2.45, 2.75) is 11.7 Å². The van der Waals surface area contributed by atoms with Crippen molar-refractivity contribution >= 4 is 48.5 Å². The van der Waals surface area contributed by atoms with E-state index in [1.807, 2.05) is 24.3 Å². The van der Waals surface area contributed by atoms with Crippen LogP contribution in [0.15, 0.2) is 34.1 Å². The molecular formula is C13H10BrFN2O3S2. The van der Waals surface area contributed by atoms with Crippen molar-refractivity contribution in [1.29, 1.82) is 0 Å². The molecular weight excluding hydrogens is 395 g/mol. The second-order valence-electron chi connectivity index (χ2n) is 4.83. The minimum absolute atomic E-state index is 0.190. The normalized spacial score (nSPS) is 18.9. The number of benzene rings is 1. The number of nitrogens with zero attached hydrogens (tertiary/aromatic N) is 2. The molecule has 1 atom stereocenters. The smallest absolute Gasteiger partial charge is 0.287 e. The van der Waals surface area contributed by atoms with Crippen LogP contribution >= 0.6 is 27.3 Å².